The summed E-state index contributed by atoms with van der Waals surface area (Å²) in [5, 5.41) is 0. The Hall–Kier alpha value is -2.14. The molecule has 6 aliphatic rings. The van der Waals surface area contributed by atoms with Gasteiger partial charge in [0.05, 0.1) is 11.7 Å². The fourth-order valence-corrected chi connectivity index (χ4v) is 11.4. The molecular weight excluding hydrogens is 510 g/mol. The fraction of sp³-hybridized carbons (Fsp3) is 0.722. The minimum absolute atomic E-state index is 0.0221. The lowest BCUT2D eigenvalue weighted by molar-refractivity contribution is -0.200. The second-order valence-corrected chi connectivity index (χ2v) is 15.3. The van der Waals surface area contributed by atoms with Gasteiger partial charge in [-0.2, -0.15) is 0 Å². The number of nitrogens with zero attached hydrogens (tertiary/aromatic N) is 1. The molecule has 1 aromatic carbocycles. The molecule has 5 nitrogen and oxygen atoms in total. The number of likely N-dealkylation sites (tertiary alicyclic amines) is 1. The van der Waals surface area contributed by atoms with Crippen LogP contribution in [0.15, 0.2) is 42.0 Å². The third-order valence-electron chi connectivity index (χ3n) is 13.4. The van der Waals surface area contributed by atoms with E-state index in [9.17, 15) is 9.59 Å². The molecule has 2 unspecified atom stereocenters. The molecule has 41 heavy (non-hydrogen) atoms. The number of carbonyl (C=O) groups is 2. The van der Waals surface area contributed by atoms with Gasteiger partial charge in [-0.05, 0) is 104 Å². The number of allylic oxidation sites excluding steroid dienone is 1. The standard InChI is InChI=1S/C36H49NO4/c1-22-13-18-36(37(21-22)24(3)38)23(2)32-31(41-36)20-30-28-12-11-26-19-27(40-33(39)25-9-7-6-8-10-25)14-16-34(26,4)29(28)15-17-35(30,32)5/h6-11,22-23,27-32H,12-21H2,1-5H3/t22-,23+,27+,28-,29?,30?,31+,32+,34+,35+,36-/m1/s1. The summed E-state index contributed by atoms with van der Waals surface area (Å²) >= 11 is 0. The van der Waals surface area contributed by atoms with Crippen molar-refractivity contribution in [2.45, 2.75) is 110 Å². The summed E-state index contributed by atoms with van der Waals surface area (Å²) in [6.45, 7) is 12.4. The molecule has 5 heteroatoms. The molecule has 11 atom stereocenters. The summed E-state index contributed by atoms with van der Waals surface area (Å²) in [5.41, 5.74) is 2.25. The van der Waals surface area contributed by atoms with Crippen molar-refractivity contribution in [1.29, 1.82) is 0 Å². The van der Waals surface area contributed by atoms with Crippen molar-refractivity contribution in [2.75, 3.05) is 6.54 Å². The van der Waals surface area contributed by atoms with Gasteiger partial charge in [0.25, 0.3) is 0 Å². The highest BCUT2D eigenvalue weighted by Crippen LogP contribution is 2.70. The van der Waals surface area contributed by atoms with Crippen LogP contribution < -0.4 is 0 Å². The van der Waals surface area contributed by atoms with E-state index in [0.29, 0.717) is 41.1 Å². The first kappa shape index (κ1) is 27.7. The molecule has 1 spiro atoms. The molecule has 222 valence electrons. The number of piperidine rings is 1. The van der Waals surface area contributed by atoms with Crippen molar-refractivity contribution in [3.63, 3.8) is 0 Å². The van der Waals surface area contributed by atoms with Crippen LogP contribution in [0.4, 0.5) is 0 Å². The molecule has 0 N–H and O–H groups in total. The Bertz CT molecular complexity index is 1240. The maximum Gasteiger partial charge on any atom is 0.338 e. The van der Waals surface area contributed by atoms with Gasteiger partial charge in [-0.15, -0.1) is 0 Å². The fourth-order valence-electron chi connectivity index (χ4n) is 11.4. The van der Waals surface area contributed by atoms with E-state index in [1.165, 1.54) is 18.4 Å². The number of fused-ring (bicyclic) bond motifs is 7. The summed E-state index contributed by atoms with van der Waals surface area (Å²) in [4.78, 5) is 27.7. The zero-order valence-corrected chi connectivity index (χ0v) is 25.7. The highest BCUT2D eigenvalue weighted by Gasteiger charge is 2.69. The Morgan fingerprint density at radius 2 is 1.78 bits per heavy atom. The average molecular weight is 560 g/mol. The van der Waals surface area contributed by atoms with E-state index in [2.05, 4.69) is 38.7 Å². The number of benzene rings is 1. The van der Waals surface area contributed by atoms with Gasteiger partial charge in [0, 0.05) is 25.8 Å². The quantitative estimate of drug-likeness (QED) is 0.280. The van der Waals surface area contributed by atoms with Gasteiger partial charge in [0.1, 0.15) is 11.8 Å². The van der Waals surface area contributed by atoms with Crippen molar-refractivity contribution in [1.82, 2.24) is 4.90 Å². The lowest BCUT2D eigenvalue weighted by Gasteiger charge is -2.59. The number of ether oxygens (including phenoxy) is 2. The van der Waals surface area contributed by atoms with Crippen molar-refractivity contribution < 1.29 is 19.1 Å². The SMILES string of the molecule is CC(=O)N1C[C@H](C)CC[C@]12O[C@H]1CC3[C@@H]4CC=C5C[C@@H](OC(=O)c6ccccc6)CC[C@]5(C)C4CC[C@]3(C)[C@H]1[C@@H]2C. The highest BCUT2D eigenvalue weighted by molar-refractivity contribution is 5.89. The normalized spacial score (nSPS) is 46.7. The van der Waals surface area contributed by atoms with Crippen LogP contribution in [0.5, 0.6) is 0 Å². The van der Waals surface area contributed by atoms with Crippen molar-refractivity contribution in [3.05, 3.63) is 47.5 Å². The smallest absolute Gasteiger partial charge is 0.338 e. The first-order chi connectivity index (χ1) is 19.6. The maximum atomic E-state index is 12.9. The second-order valence-electron chi connectivity index (χ2n) is 15.3. The number of rotatable bonds is 2. The molecule has 0 bridgehead atoms. The number of hydrogen-bond donors (Lipinski definition) is 0. The van der Waals surface area contributed by atoms with E-state index in [1.54, 1.807) is 6.92 Å². The first-order valence-corrected chi connectivity index (χ1v) is 16.5. The molecule has 7 rings (SSSR count). The van der Waals surface area contributed by atoms with E-state index < -0.39 is 5.72 Å². The van der Waals surface area contributed by atoms with E-state index in [0.717, 1.165) is 51.5 Å². The van der Waals surface area contributed by atoms with E-state index in [4.69, 9.17) is 9.47 Å². The van der Waals surface area contributed by atoms with Gasteiger partial charge in [-0.1, -0.05) is 57.5 Å². The molecular formula is C36H49NO4. The molecule has 0 radical (unpaired) electrons. The summed E-state index contributed by atoms with van der Waals surface area (Å²) in [7, 11) is 0. The Morgan fingerprint density at radius 3 is 2.54 bits per heavy atom. The van der Waals surface area contributed by atoms with Gasteiger partial charge in [0.2, 0.25) is 5.91 Å². The third-order valence-corrected chi connectivity index (χ3v) is 13.4. The Balaban J connectivity index is 1.09. The van der Waals surface area contributed by atoms with Crippen molar-refractivity contribution in [2.24, 2.45) is 46.3 Å². The predicted molar refractivity (Wildman–Crippen MR) is 159 cm³/mol. The molecule has 1 aromatic rings. The van der Waals surface area contributed by atoms with Gasteiger partial charge >= 0.3 is 5.97 Å². The van der Waals surface area contributed by atoms with Crippen LogP contribution in [0.2, 0.25) is 0 Å². The Kier molecular flexibility index (Phi) is 6.54. The minimum atomic E-state index is -0.403. The molecule has 2 aliphatic heterocycles. The average Bonchev–Trinajstić information content (AvgIpc) is 3.40. The van der Waals surface area contributed by atoms with Crippen LogP contribution >= 0.6 is 0 Å². The lowest BCUT2D eigenvalue weighted by Crippen LogP contribution is -2.60. The first-order valence-electron chi connectivity index (χ1n) is 16.5. The van der Waals surface area contributed by atoms with Crippen LogP contribution in [0.1, 0.15) is 103 Å². The highest BCUT2D eigenvalue weighted by atomic mass is 16.5. The summed E-state index contributed by atoms with van der Waals surface area (Å²) < 4.78 is 13.2. The topological polar surface area (TPSA) is 55.8 Å². The molecule has 2 saturated heterocycles. The van der Waals surface area contributed by atoms with Crippen LogP contribution in [0.25, 0.3) is 0 Å². The second kappa shape index (κ2) is 9.69. The Labute approximate surface area is 246 Å². The zero-order chi connectivity index (χ0) is 28.7. The summed E-state index contributed by atoms with van der Waals surface area (Å²) in [6, 6.07) is 9.41. The van der Waals surface area contributed by atoms with E-state index in [-0.39, 0.29) is 34.9 Å². The summed E-state index contributed by atoms with van der Waals surface area (Å²) in [5.74, 6) is 3.48. The minimum Gasteiger partial charge on any atom is -0.458 e. The van der Waals surface area contributed by atoms with Gasteiger partial charge < -0.3 is 14.4 Å². The molecule has 1 amide bonds. The van der Waals surface area contributed by atoms with Gasteiger partial charge in [-0.3, -0.25) is 4.79 Å². The van der Waals surface area contributed by atoms with Crippen molar-refractivity contribution in [3.8, 4) is 0 Å². The number of carbonyl (C=O) groups excluding carboxylic acids is 2. The van der Waals surface area contributed by atoms with E-state index >= 15 is 0 Å². The Morgan fingerprint density at radius 1 is 1.00 bits per heavy atom. The number of amides is 1. The van der Waals surface area contributed by atoms with Crippen molar-refractivity contribution >= 4 is 11.9 Å². The molecule has 2 heterocycles. The van der Waals surface area contributed by atoms with Crippen LogP contribution in [0, 0.1) is 46.3 Å². The van der Waals surface area contributed by atoms with Crippen LogP contribution in [-0.4, -0.2) is 41.3 Å². The van der Waals surface area contributed by atoms with Crippen LogP contribution in [-0.2, 0) is 14.3 Å². The monoisotopic (exact) mass is 559 g/mol. The molecule has 3 saturated carbocycles. The third kappa shape index (κ3) is 4.03. The van der Waals surface area contributed by atoms with Gasteiger partial charge in [-0.25, -0.2) is 4.79 Å². The van der Waals surface area contributed by atoms with Gasteiger partial charge in [0.15, 0.2) is 0 Å². The lowest BCUT2D eigenvalue weighted by atomic mass is 9.46. The number of esters is 1. The number of hydrogen-bond acceptors (Lipinski definition) is 4. The molecule has 0 aromatic heterocycles. The molecule has 4 aliphatic carbocycles. The molecule has 5 fully saturated rings. The maximum absolute atomic E-state index is 12.9. The largest absolute Gasteiger partial charge is 0.458 e. The van der Waals surface area contributed by atoms with Crippen LogP contribution in [0.3, 0.4) is 0 Å². The zero-order valence-electron chi connectivity index (χ0n) is 25.7. The van der Waals surface area contributed by atoms with E-state index in [1.807, 2.05) is 30.3 Å². The summed E-state index contributed by atoms with van der Waals surface area (Å²) in [6.07, 6.45) is 12.7. The predicted octanol–water partition coefficient (Wildman–Crippen LogP) is 7.41.